The van der Waals surface area contributed by atoms with Crippen LogP contribution < -0.4 is 5.32 Å². The zero-order chi connectivity index (χ0) is 22.5. The van der Waals surface area contributed by atoms with Crippen LogP contribution in [0.2, 0.25) is 0 Å². The van der Waals surface area contributed by atoms with Crippen molar-refractivity contribution in [1.82, 2.24) is 10.3 Å². The van der Waals surface area contributed by atoms with E-state index in [1.54, 1.807) is 12.1 Å². The Kier molecular flexibility index (Phi) is 7.13. The first-order valence-electron chi connectivity index (χ1n) is 8.93. The van der Waals surface area contributed by atoms with Gasteiger partial charge in [-0.3, -0.25) is 19.7 Å². The Labute approximate surface area is 192 Å². The summed E-state index contributed by atoms with van der Waals surface area (Å²) in [6.07, 6.45) is 0.369. The van der Waals surface area contributed by atoms with Crippen LogP contribution in [0.3, 0.4) is 0 Å². The van der Waals surface area contributed by atoms with Crippen LogP contribution in [0.4, 0.5) is 11.4 Å². The molecule has 12 heteroatoms. The molecule has 0 unspecified atom stereocenters. The third kappa shape index (κ3) is 5.52. The summed E-state index contributed by atoms with van der Waals surface area (Å²) in [7, 11) is 0. The van der Waals surface area contributed by atoms with Gasteiger partial charge in [0.1, 0.15) is 0 Å². The third-order valence-electron chi connectivity index (χ3n) is 4.23. The summed E-state index contributed by atoms with van der Waals surface area (Å²) in [5.41, 5.74) is 0.949. The maximum Gasteiger partial charge on any atom is 0.269 e. The first-order chi connectivity index (χ1) is 14.8. The summed E-state index contributed by atoms with van der Waals surface area (Å²) in [6.45, 7) is 0.218. The molecule has 31 heavy (non-hydrogen) atoms. The first kappa shape index (κ1) is 22.6. The van der Waals surface area contributed by atoms with Crippen molar-refractivity contribution >= 4 is 66.0 Å². The Morgan fingerprint density at radius 3 is 2.58 bits per heavy atom. The van der Waals surface area contributed by atoms with Gasteiger partial charge in [0.25, 0.3) is 17.5 Å². The number of nitrogens with one attached hydrogen (secondary N) is 2. The van der Waals surface area contributed by atoms with Crippen molar-refractivity contribution in [2.45, 2.75) is 12.8 Å². The van der Waals surface area contributed by atoms with Crippen LogP contribution in [0.1, 0.15) is 23.2 Å². The molecular weight excluding hydrogens is 538 g/mol. The van der Waals surface area contributed by atoms with E-state index in [9.17, 15) is 24.8 Å². The van der Waals surface area contributed by atoms with Gasteiger partial charge in [0.2, 0.25) is 5.88 Å². The van der Waals surface area contributed by atoms with Crippen molar-refractivity contribution in [1.29, 1.82) is 0 Å². The highest BCUT2D eigenvalue weighted by Gasteiger charge is 2.14. The molecule has 0 saturated heterocycles. The number of nitro groups is 1. The molecule has 0 spiro atoms. The number of amides is 2. The second-order valence-corrected chi connectivity index (χ2v) is 8.16. The molecule has 0 aliphatic heterocycles. The minimum Gasteiger partial charge on any atom is -0.493 e. The average Bonchev–Trinajstić information content (AvgIpc) is 3.05. The highest BCUT2D eigenvalue weighted by molar-refractivity contribution is 9.11. The number of carbonyl (C=O) groups excluding carboxylic acids is 2. The minimum absolute atomic E-state index is 0.0422. The van der Waals surface area contributed by atoms with E-state index in [-0.39, 0.29) is 35.8 Å². The fourth-order valence-electron chi connectivity index (χ4n) is 2.73. The summed E-state index contributed by atoms with van der Waals surface area (Å²) in [5, 5.41) is 31.4. The van der Waals surface area contributed by atoms with Gasteiger partial charge in [-0.15, -0.1) is 10.2 Å². The molecule has 2 amide bonds. The van der Waals surface area contributed by atoms with Gasteiger partial charge >= 0.3 is 0 Å². The van der Waals surface area contributed by atoms with Gasteiger partial charge in [0, 0.05) is 45.0 Å². The number of halogens is 2. The fraction of sp³-hybridized carbons (Fsp3) is 0.158. The molecule has 0 atom stereocenters. The lowest BCUT2D eigenvalue weighted by Crippen LogP contribution is -2.24. The van der Waals surface area contributed by atoms with Gasteiger partial charge in [-0.05, 0) is 46.6 Å². The monoisotopic (exact) mass is 551 g/mol. The number of hydrogen-bond donors (Lipinski definition) is 3. The van der Waals surface area contributed by atoms with Gasteiger partial charge in [0.15, 0.2) is 5.69 Å². The van der Waals surface area contributed by atoms with Crippen molar-refractivity contribution in [2.75, 3.05) is 6.54 Å². The molecule has 1 heterocycles. The predicted octanol–water partition coefficient (Wildman–Crippen LogP) is 5.13. The number of rotatable bonds is 7. The zero-order valence-corrected chi connectivity index (χ0v) is 18.9. The molecule has 0 radical (unpaired) electrons. The van der Waals surface area contributed by atoms with E-state index < -0.39 is 16.7 Å². The molecule has 0 bridgehead atoms. The summed E-state index contributed by atoms with van der Waals surface area (Å²) in [4.78, 5) is 36.9. The number of nitrogens with zero attached hydrogens (tertiary/aromatic N) is 3. The topological polar surface area (TPSA) is 150 Å². The minimum atomic E-state index is -0.546. The van der Waals surface area contributed by atoms with Crippen molar-refractivity contribution in [2.24, 2.45) is 10.2 Å². The number of carbonyl (C=O) groups is 2. The van der Waals surface area contributed by atoms with Gasteiger partial charge in [0.05, 0.1) is 10.4 Å². The Morgan fingerprint density at radius 1 is 1.19 bits per heavy atom. The summed E-state index contributed by atoms with van der Waals surface area (Å²) < 4.78 is 1.47. The van der Waals surface area contributed by atoms with Gasteiger partial charge < -0.3 is 15.4 Å². The smallest absolute Gasteiger partial charge is 0.269 e. The first-order valence-corrected chi connectivity index (χ1v) is 10.5. The predicted molar refractivity (Wildman–Crippen MR) is 120 cm³/mol. The van der Waals surface area contributed by atoms with Crippen LogP contribution in [0.5, 0.6) is 5.88 Å². The van der Waals surface area contributed by atoms with Crippen molar-refractivity contribution in [3.63, 3.8) is 0 Å². The maximum absolute atomic E-state index is 12.0. The van der Waals surface area contributed by atoms with Crippen LogP contribution in [-0.2, 0) is 4.79 Å². The van der Waals surface area contributed by atoms with Crippen molar-refractivity contribution in [3.8, 4) is 5.88 Å². The molecule has 0 aliphatic carbocycles. The Bertz CT molecular complexity index is 1190. The van der Waals surface area contributed by atoms with Gasteiger partial charge in [-0.1, -0.05) is 15.9 Å². The lowest BCUT2D eigenvalue weighted by atomic mass is 10.2. The normalized spacial score (nSPS) is 11.2. The maximum atomic E-state index is 12.0. The van der Waals surface area contributed by atoms with Gasteiger partial charge in [-0.25, -0.2) is 0 Å². The molecule has 3 rings (SSSR count). The van der Waals surface area contributed by atoms with Crippen molar-refractivity contribution < 1.29 is 19.6 Å². The molecule has 0 aliphatic rings. The second kappa shape index (κ2) is 9.79. The average molecular weight is 553 g/mol. The SMILES string of the molecule is O=C(CCCNC(=O)c1ccc([N+](=O)[O-])cc1)N=Nc1c(O)[nH]c2c(Br)cc(Br)cc12. The highest BCUT2D eigenvalue weighted by Crippen LogP contribution is 2.40. The Morgan fingerprint density at radius 2 is 1.90 bits per heavy atom. The number of H-pyrrole nitrogens is 1. The number of azo groups is 1. The molecule has 0 saturated carbocycles. The standard InChI is InChI=1S/C19H15Br2N5O5/c20-11-8-13-16(14(21)9-11)23-19(29)17(13)25-24-15(27)2-1-7-22-18(28)10-3-5-12(6-4-10)26(30)31/h3-6,8-9,23,29H,1-2,7H2,(H,22,28). The number of benzene rings is 2. The summed E-state index contributed by atoms with van der Waals surface area (Å²) in [6, 6.07) is 8.75. The number of nitro benzene ring substituents is 1. The lowest BCUT2D eigenvalue weighted by molar-refractivity contribution is -0.384. The van der Waals surface area contributed by atoms with E-state index in [2.05, 4.69) is 52.4 Å². The van der Waals surface area contributed by atoms with Crippen LogP contribution >= 0.6 is 31.9 Å². The van der Waals surface area contributed by atoms with E-state index in [4.69, 9.17) is 0 Å². The van der Waals surface area contributed by atoms with E-state index in [1.165, 1.54) is 24.3 Å². The number of aromatic amines is 1. The number of aromatic nitrogens is 1. The molecule has 2 aromatic carbocycles. The number of aromatic hydroxyl groups is 1. The molecule has 3 aromatic rings. The van der Waals surface area contributed by atoms with Crippen LogP contribution in [0.15, 0.2) is 55.6 Å². The van der Waals surface area contributed by atoms with Crippen LogP contribution in [-0.4, -0.2) is 33.4 Å². The third-order valence-corrected chi connectivity index (χ3v) is 5.32. The van der Waals surface area contributed by atoms with Crippen LogP contribution in [0, 0.1) is 10.1 Å². The molecule has 3 N–H and O–H groups in total. The largest absolute Gasteiger partial charge is 0.493 e. The quantitative estimate of drug-likeness (QED) is 0.161. The summed E-state index contributed by atoms with van der Waals surface area (Å²) >= 11 is 6.74. The molecule has 10 nitrogen and oxygen atoms in total. The van der Waals surface area contributed by atoms with Crippen molar-refractivity contribution in [3.05, 3.63) is 61.0 Å². The van der Waals surface area contributed by atoms with E-state index in [0.717, 1.165) is 4.47 Å². The summed E-state index contributed by atoms with van der Waals surface area (Å²) in [5.74, 6) is -1.11. The highest BCUT2D eigenvalue weighted by atomic mass is 79.9. The lowest BCUT2D eigenvalue weighted by Gasteiger charge is -2.04. The zero-order valence-electron chi connectivity index (χ0n) is 15.8. The number of non-ortho nitro benzene ring substituents is 1. The molecule has 0 fully saturated rings. The fourth-order valence-corrected chi connectivity index (χ4v) is 4.05. The number of hydrogen-bond acceptors (Lipinski definition) is 6. The van der Waals surface area contributed by atoms with Crippen LogP contribution in [0.25, 0.3) is 10.9 Å². The Hall–Kier alpha value is -3.12. The number of fused-ring (bicyclic) bond motifs is 1. The second-order valence-electron chi connectivity index (χ2n) is 6.39. The Balaban J connectivity index is 1.52. The molecule has 1 aromatic heterocycles. The van der Waals surface area contributed by atoms with E-state index in [0.29, 0.717) is 21.8 Å². The molecule has 160 valence electrons. The van der Waals surface area contributed by atoms with Gasteiger partial charge in [-0.2, -0.15) is 0 Å². The van der Waals surface area contributed by atoms with E-state index >= 15 is 0 Å². The molecular formula is C19H15Br2N5O5. The van der Waals surface area contributed by atoms with E-state index in [1.807, 2.05) is 0 Å².